The minimum absolute atomic E-state index is 0.114. The lowest BCUT2D eigenvalue weighted by Crippen LogP contribution is -2.41. The number of hydrogen-bond donors (Lipinski definition) is 1. The van der Waals surface area contributed by atoms with Crippen molar-refractivity contribution in [3.8, 4) is 0 Å². The van der Waals surface area contributed by atoms with Crippen LogP contribution >= 0.6 is 0 Å². The predicted octanol–water partition coefficient (Wildman–Crippen LogP) is 2.34. The number of benzene rings is 1. The Labute approximate surface area is 127 Å². The first-order valence-corrected chi connectivity index (χ1v) is 8.99. The Kier molecular flexibility index (Phi) is 3.73. The van der Waals surface area contributed by atoms with Crippen LogP contribution in [0.25, 0.3) is 0 Å². The van der Waals surface area contributed by atoms with Crippen LogP contribution in [-0.2, 0) is 21.4 Å². The van der Waals surface area contributed by atoms with Crippen molar-refractivity contribution in [1.29, 1.82) is 0 Å². The third-order valence-corrected chi connectivity index (χ3v) is 6.37. The highest BCUT2D eigenvalue weighted by Crippen LogP contribution is 2.39. The van der Waals surface area contributed by atoms with Crippen molar-refractivity contribution in [3.63, 3.8) is 0 Å². The van der Waals surface area contributed by atoms with Crippen LogP contribution in [0.1, 0.15) is 25.7 Å². The Morgan fingerprint density at radius 3 is 2.76 bits per heavy atom. The number of hydrogen-bond acceptors (Lipinski definition) is 5. The number of sulfonamides is 1. The van der Waals surface area contributed by atoms with Crippen molar-refractivity contribution in [2.45, 2.75) is 36.2 Å². The summed E-state index contributed by atoms with van der Waals surface area (Å²) in [7, 11) is -2.18. The molecule has 1 aliphatic heterocycles. The highest BCUT2D eigenvalue weighted by Gasteiger charge is 2.36. The fraction of sp³-hybridized carbons (Fsp3) is 0.538. The van der Waals surface area contributed by atoms with E-state index >= 15 is 0 Å². The van der Waals surface area contributed by atoms with Crippen LogP contribution in [-0.4, -0.2) is 37.0 Å². The van der Waals surface area contributed by atoms with Crippen LogP contribution in [0.4, 0.5) is 11.4 Å². The highest BCUT2D eigenvalue weighted by atomic mass is 32.2. The van der Waals surface area contributed by atoms with Gasteiger partial charge in [-0.1, -0.05) is 18.9 Å². The van der Waals surface area contributed by atoms with Gasteiger partial charge in [0.2, 0.25) is 10.0 Å². The summed E-state index contributed by atoms with van der Waals surface area (Å²) in [4.78, 5) is 0.151. The molecule has 1 saturated carbocycles. The van der Waals surface area contributed by atoms with E-state index in [1.807, 2.05) is 0 Å². The quantitative estimate of drug-likeness (QED) is 0.935. The molecule has 1 aromatic carbocycles. The van der Waals surface area contributed by atoms with Crippen LogP contribution in [0.3, 0.4) is 0 Å². The molecule has 21 heavy (non-hydrogen) atoms. The molecule has 1 heterocycles. The van der Waals surface area contributed by atoms with Crippen LogP contribution in [0.2, 0.25) is 0 Å². The number of likely N-dealkylation sites (N-methyl/N-ethyl adjacent to an activating group) is 1. The van der Waals surface area contributed by atoms with Gasteiger partial charge in [-0.05, 0) is 25.0 Å². The van der Waals surface area contributed by atoms with Gasteiger partial charge in [0.15, 0.2) is 0 Å². The Morgan fingerprint density at radius 2 is 2.05 bits per heavy atom. The second-order valence-electron chi connectivity index (χ2n) is 5.58. The van der Waals surface area contributed by atoms with Crippen molar-refractivity contribution in [2.24, 2.45) is 8.73 Å². The fourth-order valence-electron chi connectivity index (χ4n) is 2.85. The van der Waals surface area contributed by atoms with Crippen molar-refractivity contribution in [2.75, 3.05) is 13.6 Å². The maximum absolute atomic E-state index is 12.7. The third-order valence-electron chi connectivity index (χ3n) is 3.99. The summed E-state index contributed by atoms with van der Waals surface area (Å²) < 4.78 is 34.8. The largest absolute Gasteiger partial charge is 0.389 e. The molecule has 0 saturated heterocycles. The van der Waals surface area contributed by atoms with Gasteiger partial charge >= 0.3 is 0 Å². The van der Waals surface area contributed by atoms with Gasteiger partial charge in [-0.25, -0.2) is 8.42 Å². The summed E-state index contributed by atoms with van der Waals surface area (Å²) >= 11 is 0.995. The van der Waals surface area contributed by atoms with Crippen LogP contribution in [0.15, 0.2) is 31.8 Å². The molecule has 2 aliphatic rings. The Bertz CT molecular complexity index is 733. The Morgan fingerprint density at radius 1 is 1.33 bits per heavy atom. The van der Waals surface area contributed by atoms with E-state index in [-0.39, 0.29) is 11.4 Å². The second kappa shape index (κ2) is 5.28. The lowest BCUT2D eigenvalue weighted by Gasteiger charge is -2.28. The normalized spacial score (nSPS) is 19.8. The first-order chi connectivity index (χ1) is 9.92. The topological polar surface area (TPSA) is 82.3 Å². The molecular formula is C13H17N3O3S2. The van der Waals surface area contributed by atoms with Gasteiger partial charge in [-0.2, -0.15) is 13.0 Å². The lowest BCUT2D eigenvalue weighted by molar-refractivity contribution is 0.0333. The second-order valence-corrected chi connectivity index (χ2v) is 8.12. The van der Waals surface area contributed by atoms with Gasteiger partial charge in [0.05, 0.1) is 17.0 Å². The zero-order valence-corrected chi connectivity index (χ0v) is 13.3. The zero-order valence-electron chi connectivity index (χ0n) is 11.7. The molecule has 6 nitrogen and oxygen atoms in total. The lowest BCUT2D eigenvalue weighted by atomic mass is 10.0. The van der Waals surface area contributed by atoms with E-state index in [1.165, 1.54) is 17.4 Å². The molecule has 0 amide bonds. The molecule has 0 aromatic heterocycles. The van der Waals surface area contributed by atoms with Gasteiger partial charge in [-0.15, -0.1) is 0 Å². The standard InChI is InChI=1S/C13H17N3O3S2/c1-16(9-13(17)7-2-3-8-13)21(18,19)11-6-4-5-10-12(11)15-20-14-10/h4-6,17H,2-3,7-9H2,1H3. The third kappa shape index (κ3) is 2.68. The average molecular weight is 327 g/mol. The van der Waals surface area contributed by atoms with Crippen molar-refractivity contribution >= 4 is 32.8 Å². The van der Waals surface area contributed by atoms with Crippen molar-refractivity contribution in [3.05, 3.63) is 18.2 Å². The number of aliphatic hydroxyl groups is 1. The molecule has 1 aromatic rings. The van der Waals surface area contributed by atoms with E-state index in [2.05, 4.69) is 8.73 Å². The van der Waals surface area contributed by atoms with E-state index in [9.17, 15) is 13.5 Å². The Balaban J connectivity index is 1.91. The van der Waals surface area contributed by atoms with Crippen molar-refractivity contribution < 1.29 is 13.5 Å². The predicted molar refractivity (Wildman–Crippen MR) is 81.2 cm³/mol. The molecule has 8 heteroatoms. The highest BCUT2D eigenvalue weighted by molar-refractivity contribution is 7.89. The molecule has 1 aliphatic carbocycles. The number of rotatable bonds is 4. The molecular weight excluding hydrogens is 310 g/mol. The van der Waals surface area contributed by atoms with Crippen LogP contribution in [0.5, 0.6) is 0 Å². The molecule has 0 bridgehead atoms. The van der Waals surface area contributed by atoms with Gasteiger partial charge in [0.25, 0.3) is 0 Å². The first-order valence-electron chi connectivity index (χ1n) is 6.82. The summed E-state index contributed by atoms with van der Waals surface area (Å²) in [6, 6.07) is 4.94. The molecule has 0 unspecified atom stereocenters. The summed E-state index contributed by atoms with van der Waals surface area (Å²) in [5.41, 5.74) is 0.0672. The zero-order chi connectivity index (χ0) is 15.1. The molecule has 114 valence electrons. The summed E-state index contributed by atoms with van der Waals surface area (Å²) in [5, 5.41) is 10.4. The van der Waals surface area contributed by atoms with Crippen molar-refractivity contribution in [1.82, 2.24) is 4.31 Å². The van der Waals surface area contributed by atoms with E-state index in [0.717, 1.165) is 24.2 Å². The SMILES string of the molecule is CN(CC1(O)CCCC1)S(=O)(=O)c1cccc2c1N=S=N2. The average Bonchev–Trinajstić information content (AvgIpc) is 3.06. The summed E-state index contributed by atoms with van der Waals surface area (Å²) in [5.74, 6) is 0. The van der Waals surface area contributed by atoms with Gasteiger partial charge in [-0.3, -0.25) is 0 Å². The molecule has 0 spiro atoms. The summed E-state index contributed by atoms with van der Waals surface area (Å²) in [6.07, 6.45) is 3.18. The maximum atomic E-state index is 12.7. The van der Waals surface area contributed by atoms with E-state index in [1.54, 1.807) is 12.1 Å². The minimum Gasteiger partial charge on any atom is -0.389 e. The first kappa shape index (κ1) is 14.8. The van der Waals surface area contributed by atoms with E-state index in [0.29, 0.717) is 24.2 Å². The van der Waals surface area contributed by atoms with Gasteiger partial charge < -0.3 is 5.11 Å². The Hall–Kier alpha value is -1.09. The van der Waals surface area contributed by atoms with Gasteiger partial charge in [0.1, 0.15) is 16.3 Å². The van der Waals surface area contributed by atoms with Gasteiger partial charge in [0, 0.05) is 13.6 Å². The van der Waals surface area contributed by atoms with Crippen LogP contribution in [0, 0.1) is 0 Å². The molecule has 0 atom stereocenters. The van der Waals surface area contributed by atoms with Crippen LogP contribution < -0.4 is 0 Å². The van der Waals surface area contributed by atoms with E-state index < -0.39 is 15.6 Å². The minimum atomic E-state index is -3.68. The fourth-order valence-corrected chi connectivity index (χ4v) is 4.85. The molecule has 3 rings (SSSR count). The monoisotopic (exact) mass is 327 g/mol. The molecule has 1 N–H and O–H groups in total. The molecule has 1 fully saturated rings. The smallest absolute Gasteiger partial charge is 0.245 e. The number of nitrogens with zero attached hydrogens (tertiary/aromatic N) is 3. The summed E-state index contributed by atoms with van der Waals surface area (Å²) in [6.45, 7) is 0.114. The maximum Gasteiger partial charge on any atom is 0.245 e. The number of fused-ring (bicyclic) bond motifs is 1. The van der Waals surface area contributed by atoms with E-state index in [4.69, 9.17) is 0 Å². The molecule has 0 radical (unpaired) electrons.